The first-order valence-corrected chi connectivity index (χ1v) is 13.3. The Morgan fingerprint density at radius 3 is 1.28 bits per heavy atom. The molecule has 0 bridgehead atoms. The summed E-state index contributed by atoms with van der Waals surface area (Å²) in [5.74, 6) is 3.11. The van der Waals surface area contributed by atoms with Crippen LogP contribution in [0.4, 0.5) is 11.4 Å². The summed E-state index contributed by atoms with van der Waals surface area (Å²) < 4.78 is 0. The predicted molar refractivity (Wildman–Crippen MR) is 126 cm³/mol. The van der Waals surface area contributed by atoms with E-state index in [1.54, 1.807) is 24.3 Å². The van der Waals surface area contributed by atoms with Crippen molar-refractivity contribution in [2.24, 2.45) is 0 Å². The lowest BCUT2D eigenvalue weighted by Gasteiger charge is -2.30. The van der Waals surface area contributed by atoms with Gasteiger partial charge in [-0.2, -0.15) is 23.5 Å². The molecule has 4 aliphatic heterocycles. The number of imide groups is 2. The van der Waals surface area contributed by atoms with Crippen molar-refractivity contribution in [1.29, 1.82) is 0 Å². The molecule has 1 aromatic carbocycles. The van der Waals surface area contributed by atoms with E-state index in [4.69, 9.17) is 0 Å². The summed E-state index contributed by atoms with van der Waals surface area (Å²) >= 11 is 3.73. The predicted octanol–water partition coefficient (Wildman–Crippen LogP) is 1.05. The van der Waals surface area contributed by atoms with Crippen LogP contribution in [0.1, 0.15) is 12.8 Å². The highest BCUT2D eigenvalue weighted by Gasteiger charge is 2.44. The molecular formula is C22H26N4O4S2. The zero-order chi connectivity index (χ0) is 22.2. The molecular weight excluding hydrogens is 448 g/mol. The summed E-state index contributed by atoms with van der Waals surface area (Å²) in [4.78, 5) is 58.0. The van der Waals surface area contributed by atoms with Gasteiger partial charge in [0.15, 0.2) is 0 Å². The number of anilines is 2. The number of hydrogen-bond donors (Lipinski definition) is 0. The lowest BCUT2D eigenvalue weighted by molar-refractivity contribution is -0.124. The number of carbonyl (C=O) groups is 4. The van der Waals surface area contributed by atoms with Gasteiger partial charge >= 0.3 is 0 Å². The van der Waals surface area contributed by atoms with Crippen molar-refractivity contribution in [3.8, 4) is 0 Å². The molecule has 0 aliphatic carbocycles. The van der Waals surface area contributed by atoms with Crippen LogP contribution in [0.25, 0.3) is 0 Å². The van der Waals surface area contributed by atoms with Crippen LogP contribution in [-0.2, 0) is 19.2 Å². The van der Waals surface area contributed by atoms with Gasteiger partial charge in [-0.25, -0.2) is 9.80 Å². The van der Waals surface area contributed by atoms with E-state index >= 15 is 0 Å². The van der Waals surface area contributed by atoms with Crippen molar-refractivity contribution in [1.82, 2.24) is 9.80 Å². The number of rotatable bonds is 4. The van der Waals surface area contributed by atoms with Crippen LogP contribution < -0.4 is 9.80 Å². The van der Waals surface area contributed by atoms with E-state index < -0.39 is 12.1 Å². The monoisotopic (exact) mass is 474 g/mol. The zero-order valence-electron chi connectivity index (χ0n) is 17.8. The minimum Gasteiger partial charge on any atom is -0.290 e. The van der Waals surface area contributed by atoms with Crippen LogP contribution in [-0.4, -0.2) is 94.7 Å². The highest BCUT2D eigenvalue weighted by atomic mass is 32.2. The molecule has 4 fully saturated rings. The molecule has 0 unspecified atom stereocenters. The van der Waals surface area contributed by atoms with Gasteiger partial charge in [0.2, 0.25) is 11.8 Å². The molecule has 0 N–H and O–H groups in total. The summed E-state index contributed by atoms with van der Waals surface area (Å²) in [6, 6.07) is 5.84. The highest BCUT2D eigenvalue weighted by Crippen LogP contribution is 2.31. The van der Waals surface area contributed by atoms with E-state index in [0.717, 1.165) is 49.2 Å². The Kier molecular flexibility index (Phi) is 6.28. The van der Waals surface area contributed by atoms with Crippen LogP contribution in [0.15, 0.2) is 24.3 Å². The van der Waals surface area contributed by atoms with Gasteiger partial charge in [0, 0.05) is 49.2 Å². The minimum absolute atomic E-state index is 0.189. The Hall–Kier alpha value is -1.88. The summed E-state index contributed by atoms with van der Waals surface area (Å²) in [5, 5.41) is 0. The largest absolute Gasteiger partial charge is 0.290 e. The molecule has 4 amide bonds. The second-order valence-electron chi connectivity index (χ2n) is 8.39. The first kappa shape index (κ1) is 21.9. The number of thioether (sulfide) groups is 2. The molecule has 0 saturated carbocycles. The maximum atomic E-state index is 13.0. The van der Waals surface area contributed by atoms with Gasteiger partial charge in [-0.15, -0.1) is 0 Å². The average Bonchev–Trinajstić information content (AvgIpc) is 3.29. The summed E-state index contributed by atoms with van der Waals surface area (Å²) in [6.45, 7) is 3.27. The van der Waals surface area contributed by atoms with Crippen LogP contribution >= 0.6 is 23.5 Å². The molecule has 10 heteroatoms. The summed E-state index contributed by atoms with van der Waals surface area (Å²) in [7, 11) is 0. The maximum Gasteiger partial charge on any atom is 0.251 e. The van der Waals surface area contributed by atoms with Crippen molar-refractivity contribution < 1.29 is 19.2 Å². The van der Waals surface area contributed by atoms with E-state index in [-0.39, 0.29) is 36.5 Å². The maximum absolute atomic E-state index is 13.0. The smallest absolute Gasteiger partial charge is 0.251 e. The number of benzene rings is 1. The molecule has 4 heterocycles. The van der Waals surface area contributed by atoms with Crippen molar-refractivity contribution in [3.05, 3.63) is 24.3 Å². The lowest BCUT2D eigenvalue weighted by atomic mass is 10.2. The van der Waals surface area contributed by atoms with Crippen molar-refractivity contribution >= 4 is 58.5 Å². The minimum atomic E-state index is -0.395. The number of carbonyl (C=O) groups excluding carboxylic acids is 4. The molecule has 4 aliphatic rings. The fourth-order valence-electron chi connectivity index (χ4n) is 4.87. The molecule has 0 aromatic heterocycles. The molecule has 0 spiro atoms. The van der Waals surface area contributed by atoms with Crippen LogP contribution in [0.2, 0.25) is 0 Å². The molecule has 1 aromatic rings. The topological polar surface area (TPSA) is 81.2 Å². The van der Waals surface area contributed by atoms with Crippen molar-refractivity contribution in [2.45, 2.75) is 24.9 Å². The molecule has 5 rings (SSSR count). The summed E-state index contributed by atoms with van der Waals surface area (Å²) in [6.07, 6.45) is 0.397. The van der Waals surface area contributed by atoms with Gasteiger partial charge in [0.05, 0.1) is 36.3 Å². The third-order valence-electron chi connectivity index (χ3n) is 6.58. The van der Waals surface area contributed by atoms with E-state index in [9.17, 15) is 19.2 Å². The van der Waals surface area contributed by atoms with E-state index in [0.29, 0.717) is 11.4 Å². The van der Waals surface area contributed by atoms with Gasteiger partial charge in [-0.3, -0.25) is 29.0 Å². The fraction of sp³-hybridized carbons (Fsp3) is 0.545. The third-order valence-corrected chi connectivity index (χ3v) is 8.47. The van der Waals surface area contributed by atoms with Crippen molar-refractivity contribution in [3.63, 3.8) is 0 Å². The van der Waals surface area contributed by atoms with Crippen molar-refractivity contribution in [2.75, 3.05) is 59.0 Å². The quantitative estimate of drug-likeness (QED) is 0.599. The first-order chi connectivity index (χ1) is 15.5. The molecule has 8 nitrogen and oxygen atoms in total. The molecule has 0 radical (unpaired) electrons. The number of nitrogens with zero attached hydrogens (tertiary/aromatic N) is 4. The lowest BCUT2D eigenvalue weighted by Crippen LogP contribution is -2.46. The van der Waals surface area contributed by atoms with Gasteiger partial charge < -0.3 is 0 Å². The Balaban J connectivity index is 1.31. The third kappa shape index (κ3) is 3.98. The second kappa shape index (κ2) is 9.17. The van der Waals surface area contributed by atoms with Crippen LogP contribution in [0, 0.1) is 0 Å². The standard InChI is InChI=1S/C22H26N4O4S2/c27-19-13-17(23-5-9-31-10-6-23)21(29)25(19)15-1-2-16(4-3-15)26-20(28)14-18(22(26)30)24-7-11-32-12-8-24/h1-4,17-18H,5-14H2/t17-,18+. The van der Waals surface area contributed by atoms with E-state index in [1.165, 1.54) is 9.80 Å². The zero-order valence-corrected chi connectivity index (χ0v) is 19.4. The van der Waals surface area contributed by atoms with Gasteiger partial charge in [-0.05, 0) is 24.3 Å². The average molecular weight is 475 g/mol. The van der Waals surface area contributed by atoms with E-state index in [2.05, 4.69) is 9.80 Å². The fourth-order valence-corrected chi connectivity index (χ4v) is 6.74. The molecule has 170 valence electrons. The SMILES string of the molecule is O=C1C[C@@H](N2CCSCC2)C(=O)N1c1ccc(N2C(=O)C[C@H](N3CCSCC3)C2=O)cc1. The van der Waals surface area contributed by atoms with Crippen LogP contribution in [0.5, 0.6) is 0 Å². The van der Waals surface area contributed by atoms with Gasteiger partial charge in [-0.1, -0.05) is 0 Å². The van der Waals surface area contributed by atoms with Crippen LogP contribution in [0.3, 0.4) is 0 Å². The molecule has 4 saturated heterocycles. The number of hydrogen-bond acceptors (Lipinski definition) is 8. The Morgan fingerprint density at radius 2 is 0.938 bits per heavy atom. The first-order valence-electron chi connectivity index (χ1n) is 11.0. The Labute approximate surface area is 195 Å². The van der Waals surface area contributed by atoms with Gasteiger partial charge in [0.25, 0.3) is 11.8 Å². The summed E-state index contributed by atoms with van der Waals surface area (Å²) in [5.41, 5.74) is 0.975. The molecule has 32 heavy (non-hydrogen) atoms. The van der Waals surface area contributed by atoms with Gasteiger partial charge in [0.1, 0.15) is 0 Å². The normalized spacial score (nSPS) is 28.2. The Bertz CT molecular complexity index is 853. The second-order valence-corrected chi connectivity index (χ2v) is 10.8. The Morgan fingerprint density at radius 1 is 0.594 bits per heavy atom. The number of amides is 4. The van der Waals surface area contributed by atoms with E-state index in [1.807, 2.05) is 23.5 Å². The molecule has 2 atom stereocenters. The highest BCUT2D eigenvalue weighted by molar-refractivity contribution is 7.99.